The Kier molecular flexibility index (Phi) is 4.26. The Morgan fingerprint density at radius 2 is 1.94 bits per heavy atom. The molecule has 0 amide bonds. The Morgan fingerprint density at radius 3 is 2.44 bits per heavy atom. The summed E-state index contributed by atoms with van der Waals surface area (Å²) in [6.45, 7) is 9.89. The molecule has 2 aliphatic rings. The molecule has 0 aromatic rings. The minimum Gasteiger partial charge on any atom is -0.313 e. The zero-order valence-electron chi connectivity index (χ0n) is 11.1. The Hall–Kier alpha value is -0.0800. The van der Waals surface area contributed by atoms with Crippen molar-refractivity contribution < 1.29 is 0 Å². The van der Waals surface area contributed by atoms with Crippen LogP contribution in [0.3, 0.4) is 0 Å². The first kappa shape index (κ1) is 12.4. The maximum absolute atomic E-state index is 3.80. The second kappa shape index (κ2) is 5.50. The normalized spacial score (nSPS) is 26.6. The molecule has 0 spiro atoms. The van der Waals surface area contributed by atoms with Gasteiger partial charge >= 0.3 is 0 Å². The van der Waals surface area contributed by atoms with Crippen LogP contribution in [0.2, 0.25) is 0 Å². The fourth-order valence-corrected chi connectivity index (χ4v) is 3.02. The van der Waals surface area contributed by atoms with E-state index in [1.807, 2.05) is 0 Å². The molecule has 2 fully saturated rings. The highest BCUT2D eigenvalue weighted by Gasteiger charge is 2.32. The van der Waals surface area contributed by atoms with Crippen molar-refractivity contribution in [3.63, 3.8) is 0 Å². The Bertz CT molecular complexity index is 203. The van der Waals surface area contributed by atoms with Crippen LogP contribution in [0.25, 0.3) is 0 Å². The van der Waals surface area contributed by atoms with Gasteiger partial charge in [-0.25, -0.2) is 0 Å². The minimum atomic E-state index is 0.639. The van der Waals surface area contributed by atoms with E-state index < -0.39 is 0 Å². The molecular formula is C14H28N2. The number of nitrogens with one attached hydrogen (secondary N) is 1. The zero-order chi connectivity index (χ0) is 11.4. The average molecular weight is 224 g/mol. The SMILES string of the molecule is CCCN1CCC(NCC2(C)CCC2)CC1. The first-order valence-electron chi connectivity index (χ1n) is 7.18. The third-order valence-corrected chi connectivity index (χ3v) is 4.51. The molecule has 1 aliphatic heterocycles. The predicted octanol–water partition coefficient (Wildman–Crippen LogP) is 2.64. The fourth-order valence-electron chi connectivity index (χ4n) is 3.02. The predicted molar refractivity (Wildman–Crippen MR) is 69.7 cm³/mol. The summed E-state index contributed by atoms with van der Waals surface area (Å²) < 4.78 is 0. The standard InChI is InChI=1S/C14H28N2/c1-3-9-16-10-5-13(6-11-16)15-12-14(2)7-4-8-14/h13,15H,3-12H2,1-2H3. The van der Waals surface area contributed by atoms with Crippen LogP contribution < -0.4 is 5.32 Å². The lowest BCUT2D eigenvalue weighted by Crippen LogP contribution is -2.47. The maximum Gasteiger partial charge on any atom is 0.00916 e. The van der Waals surface area contributed by atoms with Crippen LogP contribution in [0.4, 0.5) is 0 Å². The third kappa shape index (κ3) is 3.21. The van der Waals surface area contributed by atoms with Gasteiger partial charge in [0.15, 0.2) is 0 Å². The molecule has 0 radical (unpaired) electrons. The zero-order valence-corrected chi connectivity index (χ0v) is 11.1. The van der Waals surface area contributed by atoms with Crippen molar-refractivity contribution in [3.8, 4) is 0 Å². The van der Waals surface area contributed by atoms with Crippen LogP contribution in [0.5, 0.6) is 0 Å². The quantitative estimate of drug-likeness (QED) is 0.772. The van der Waals surface area contributed by atoms with Crippen LogP contribution in [0.15, 0.2) is 0 Å². The second-order valence-electron chi connectivity index (χ2n) is 6.16. The lowest BCUT2D eigenvalue weighted by atomic mass is 9.70. The summed E-state index contributed by atoms with van der Waals surface area (Å²) >= 11 is 0. The van der Waals surface area contributed by atoms with Gasteiger partial charge in [0.1, 0.15) is 0 Å². The number of likely N-dealkylation sites (tertiary alicyclic amines) is 1. The molecule has 1 saturated carbocycles. The van der Waals surface area contributed by atoms with Gasteiger partial charge in [0.2, 0.25) is 0 Å². The number of hydrogen-bond donors (Lipinski definition) is 1. The summed E-state index contributed by atoms with van der Waals surface area (Å²) in [7, 11) is 0. The van der Waals surface area contributed by atoms with Gasteiger partial charge in [0.25, 0.3) is 0 Å². The van der Waals surface area contributed by atoms with E-state index in [1.165, 1.54) is 64.7 Å². The van der Waals surface area contributed by atoms with E-state index >= 15 is 0 Å². The van der Waals surface area contributed by atoms with E-state index in [4.69, 9.17) is 0 Å². The molecule has 2 rings (SSSR count). The summed E-state index contributed by atoms with van der Waals surface area (Å²) in [5.41, 5.74) is 0.639. The van der Waals surface area contributed by atoms with E-state index in [-0.39, 0.29) is 0 Å². The molecule has 1 N–H and O–H groups in total. The minimum absolute atomic E-state index is 0.639. The summed E-state index contributed by atoms with van der Waals surface area (Å²) in [6.07, 6.45) is 8.35. The molecule has 1 aliphatic carbocycles. The summed E-state index contributed by atoms with van der Waals surface area (Å²) in [5, 5.41) is 3.80. The van der Waals surface area contributed by atoms with E-state index in [0.29, 0.717) is 5.41 Å². The van der Waals surface area contributed by atoms with Gasteiger partial charge in [-0.2, -0.15) is 0 Å². The fraction of sp³-hybridized carbons (Fsp3) is 1.00. The van der Waals surface area contributed by atoms with E-state index in [0.717, 1.165) is 6.04 Å². The highest BCUT2D eigenvalue weighted by Crippen LogP contribution is 2.39. The summed E-state index contributed by atoms with van der Waals surface area (Å²) in [6, 6.07) is 0.797. The molecular weight excluding hydrogens is 196 g/mol. The van der Waals surface area contributed by atoms with Crippen LogP contribution in [0, 0.1) is 5.41 Å². The lowest BCUT2D eigenvalue weighted by molar-refractivity contribution is 0.134. The van der Waals surface area contributed by atoms with Gasteiger partial charge in [0, 0.05) is 12.6 Å². The first-order chi connectivity index (χ1) is 7.72. The molecule has 0 unspecified atom stereocenters. The van der Waals surface area contributed by atoms with Gasteiger partial charge in [-0.05, 0) is 57.2 Å². The Morgan fingerprint density at radius 1 is 1.25 bits per heavy atom. The van der Waals surface area contributed by atoms with Gasteiger partial charge in [-0.15, -0.1) is 0 Å². The summed E-state index contributed by atoms with van der Waals surface area (Å²) in [4.78, 5) is 2.61. The topological polar surface area (TPSA) is 15.3 Å². The van der Waals surface area contributed by atoms with Crippen molar-refractivity contribution in [1.82, 2.24) is 10.2 Å². The van der Waals surface area contributed by atoms with E-state index in [9.17, 15) is 0 Å². The van der Waals surface area contributed by atoms with Gasteiger partial charge in [0.05, 0.1) is 0 Å². The van der Waals surface area contributed by atoms with Gasteiger partial charge < -0.3 is 10.2 Å². The second-order valence-corrected chi connectivity index (χ2v) is 6.16. The molecule has 2 heteroatoms. The third-order valence-electron chi connectivity index (χ3n) is 4.51. The molecule has 0 aromatic carbocycles. The maximum atomic E-state index is 3.80. The molecule has 0 aromatic heterocycles. The van der Waals surface area contributed by atoms with Crippen molar-refractivity contribution in [2.45, 2.75) is 58.4 Å². The summed E-state index contributed by atoms with van der Waals surface area (Å²) in [5.74, 6) is 0. The van der Waals surface area contributed by atoms with E-state index in [2.05, 4.69) is 24.1 Å². The number of piperidine rings is 1. The molecule has 1 heterocycles. The highest BCUT2D eigenvalue weighted by atomic mass is 15.1. The van der Waals surface area contributed by atoms with Crippen molar-refractivity contribution >= 4 is 0 Å². The molecule has 2 nitrogen and oxygen atoms in total. The van der Waals surface area contributed by atoms with Crippen molar-refractivity contribution in [2.75, 3.05) is 26.2 Å². The molecule has 94 valence electrons. The number of rotatable bonds is 5. The molecule has 0 bridgehead atoms. The average Bonchev–Trinajstić information content (AvgIpc) is 2.26. The first-order valence-corrected chi connectivity index (χ1v) is 7.18. The number of nitrogens with zero attached hydrogens (tertiary/aromatic N) is 1. The van der Waals surface area contributed by atoms with Crippen LogP contribution in [0.1, 0.15) is 52.4 Å². The van der Waals surface area contributed by atoms with Crippen LogP contribution in [-0.4, -0.2) is 37.1 Å². The molecule has 16 heavy (non-hydrogen) atoms. The Balaban J connectivity index is 1.61. The smallest absolute Gasteiger partial charge is 0.00916 e. The van der Waals surface area contributed by atoms with Crippen molar-refractivity contribution in [3.05, 3.63) is 0 Å². The van der Waals surface area contributed by atoms with Gasteiger partial charge in [-0.3, -0.25) is 0 Å². The molecule has 1 saturated heterocycles. The highest BCUT2D eigenvalue weighted by molar-refractivity contribution is 4.87. The van der Waals surface area contributed by atoms with Crippen molar-refractivity contribution in [1.29, 1.82) is 0 Å². The van der Waals surface area contributed by atoms with Crippen LogP contribution in [-0.2, 0) is 0 Å². The largest absolute Gasteiger partial charge is 0.313 e. The number of hydrogen-bond acceptors (Lipinski definition) is 2. The molecule has 0 atom stereocenters. The monoisotopic (exact) mass is 224 g/mol. The van der Waals surface area contributed by atoms with Gasteiger partial charge in [-0.1, -0.05) is 20.3 Å². The Labute approximate surface area is 101 Å². The van der Waals surface area contributed by atoms with E-state index in [1.54, 1.807) is 0 Å². The van der Waals surface area contributed by atoms with Crippen LogP contribution >= 0.6 is 0 Å². The van der Waals surface area contributed by atoms with Crippen molar-refractivity contribution in [2.24, 2.45) is 5.41 Å². The lowest BCUT2D eigenvalue weighted by Gasteiger charge is -2.41.